The third kappa shape index (κ3) is 2.90. The highest BCUT2D eigenvalue weighted by Gasteiger charge is 2.25. The van der Waals surface area contributed by atoms with E-state index in [1.54, 1.807) is 0 Å². The van der Waals surface area contributed by atoms with Gasteiger partial charge >= 0.3 is 0 Å². The molecule has 0 bridgehead atoms. The molecular formula is C10H13ClN2O3S. The highest BCUT2D eigenvalue weighted by atomic mass is 35.5. The van der Waals surface area contributed by atoms with Crippen molar-refractivity contribution in [3.63, 3.8) is 0 Å². The molecule has 94 valence electrons. The lowest BCUT2D eigenvalue weighted by molar-refractivity contribution is 0.192. The number of anilines is 1. The first-order chi connectivity index (χ1) is 7.99. The summed E-state index contributed by atoms with van der Waals surface area (Å²) in [5.41, 5.74) is 5.94. The number of sulfonamides is 1. The standard InChI is InChI=1S/C10H13ClN2O3S/c11-9-5-7(12)1-2-10(9)17(14,15)13-8-3-4-16-6-8/h1-2,5,8,13H,3-4,6,12H2. The van der Waals surface area contributed by atoms with Crippen molar-refractivity contribution in [3.8, 4) is 0 Å². The van der Waals surface area contributed by atoms with Gasteiger partial charge < -0.3 is 10.5 Å². The predicted molar refractivity (Wildman–Crippen MR) is 65.4 cm³/mol. The van der Waals surface area contributed by atoms with E-state index in [4.69, 9.17) is 22.1 Å². The Morgan fingerprint density at radius 1 is 1.47 bits per heavy atom. The molecule has 1 aliphatic heterocycles. The van der Waals surface area contributed by atoms with Gasteiger partial charge in [-0.05, 0) is 24.6 Å². The van der Waals surface area contributed by atoms with Crippen molar-refractivity contribution < 1.29 is 13.2 Å². The van der Waals surface area contributed by atoms with Gasteiger partial charge in [-0.1, -0.05) is 11.6 Å². The molecule has 3 N–H and O–H groups in total. The van der Waals surface area contributed by atoms with E-state index < -0.39 is 10.0 Å². The highest BCUT2D eigenvalue weighted by molar-refractivity contribution is 7.89. The van der Waals surface area contributed by atoms with Crippen LogP contribution in [0.15, 0.2) is 23.1 Å². The van der Waals surface area contributed by atoms with Crippen molar-refractivity contribution in [1.82, 2.24) is 4.72 Å². The molecule has 0 aliphatic carbocycles. The summed E-state index contributed by atoms with van der Waals surface area (Å²) < 4.78 is 31.7. The van der Waals surface area contributed by atoms with Crippen LogP contribution >= 0.6 is 11.6 Å². The van der Waals surface area contributed by atoms with Gasteiger partial charge in [-0.2, -0.15) is 0 Å². The van der Waals surface area contributed by atoms with Crippen molar-refractivity contribution in [2.45, 2.75) is 17.4 Å². The molecule has 0 saturated carbocycles. The monoisotopic (exact) mass is 276 g/mol. The molecule has 1 unspecified atom stereocenters. The zero-order chi connectivity index (χ0) is 12.5. The number of hydrogen-bond donors (Lipinski definition) is 2. The maximum Gasteiger partial charge on any atom is 0.242 e. The lowest BCUT2D eigenvalue weighted by atomic mass is 10.3. The normalized spacial score (nSPS) is 20.6. The highest BCUT2D eigenvalue weighted by Crippen LogP contribution is 2.24. The second-order valence-electron chi connectivity index (χ2n) is 3.87. The van der Waals surface area contributed by atoms with E-state index in [0.717, 1.165) is 0 Å². The minimum Gasteiger partial charge on any atom is -0.399 e. The zero-order valence-corrected chi connectivity index (χ0v) is 10.6. The van der Waals surface area contributed by atoms with Crippen LogP contribution in [0.5, 0.6) is 0 Å². The van der Waals surface area contributed by atoms with Gasteiger partial charge in [-0.15, -0.1) is 0 Å². The maximum atomic E-state index is 12.0. The summed E-state index contributed by atoms with van der Waals surface area (Å²) in [5.74, 6) is 0. The first kappa shape index (κ1) is 12.6. The van der Waals surface area contributed by atoms with Crippen LogP contribution in [0.1, 0.15) is 6.42 Å². The summed E-state index contributed by atoms with van der Waals surface area (Å²) in [6, 6.07) is 4.14. The molecular weight excluding hydrogens is 264 g/mol. The summed E-state index contributed by atoms with van der Waals surface area (Å²) >= 11 is 5.87. The van der Waals surface area contributed by atoms with Gasteiger partial charge in [0.1, 0.15) is 4.90 Å². The quantitative estimate of drug-likeness (QED) is 0.807. The number of halogens is 1. The van der Waals surface area contributed by atoms with Crippen LogP contribution in [0.4, 0.5) is 5.69 Å². The zero-order valence-electron chi connectivity index (χ0n) is 9.02. The van der Waals surface area contributed by atoms with Gasteiger partial charge in [0.2, 0.25) is 10.0 Å². The van der Waals surface area contributed by atoms with Gasteiger partial charge in [-0.3, -0.25) is 0 Å². The smallest absolute Gasteiger partial charge is 0.242 e. The third-order valence-electron chi connectivity index (χ3n) is 2.50. The minimum absolute atomic E-state index is 0.0419. The number of benzene rings is 1. The van der Waals surface area contributed by atoms with Crippen LogP contribution in [0.25, 0.3) is 0 Å². The molecule has 5 nitrogen and oxygen atoms in total. The predicted octanol–water partition coefficient (Wildman–Crippen LogP) is 0.989. The fraction of sp³-hybridized carbons (Fsp3) is 0.400. The summed E-state index contributed by atoms with van der Waals surface area (Å²) in [6.45, 7) is 0.967. The molecule has 7 heteroatoms. The molecule has 1 aromatic carbocycles. The van der Waals surface area contributed by atoms with Gasteiger partial charge in [0.25, 0.3) is 0 Å². The van der Waals surface area contributed by atoms with Crippen LogP contribution < -0.4 is 10.5 Å². The van der Waals surface area contributed by atoms with E-state index in [-0.39, 0.29) is 16.0 Å². The number of nitrogens with one attached hydrogen (secondary N) is 1. The Labute approximate surface area is 105 Å². The largest absolute Gasteiger partial charge is 0.399 e. The van der Waals surface area contributed by atoms with E-state index in [2.05, 4.69) is 4.72 Å². The first-order valence-electron chi connectivity index (χ1n) is 5.14. The molecule has 0 spiro atoms. The van der Waals surface area contributed by atoms with Crippen LogP contribution in [0.3, 0.4) is 0 Å². The second kappa shape index (κ2) is 4.81. The van der Waals surface area contributed by atoms with Crippen LogP contribution in [-0.2, 0) is 14.8 Å². The van der Waals surface area contributed by atoms with Crippen molar-refractivity contribution >= 4 is 27.3 Å². The number of rotatable bonds is 3. The van der Waals surface area contributed by atoms with Crippen LogP contribution in [-0.4, -0.2) is 27.7 Å². The number of nitrogen functional groups attached to an aromatic ring is 1. The molecule has 1 saturated heterocycles. The molecule has 0 aromatic heterocycles. The Hall–Kier alpha value is -0.820. The Bertz CT molecular complexity index is 512. The number of hydrogen-bond acceptors (Lipinski definition) is 4. The molecule has 17 heavy (non-hydrogen) atoms. The van der Waals surface area contributed by atoms with Crippen molar-refractivity contribution in [3.05, 3.63) is 23.2 Å². The molecule has 2 rings (SSSR count). The van der Waals surface area contributed by atoms with E-state index in [9.17, 15) is 8.42 Å². The van der Waals surface area contributed by atoms with Crippen LogP contribution in [0, 0.1) is 0 Å². The Morgan fingerprint density at radius 3 is 2.82 bits per heavy atom. The van der Waals surface area contributed by atoms with Crippen molar-refractivity contribution in [2.75, 3.05) is 18.9 Å². The summed E-state index contributed by atoms with van der Waals surface area (Å²) in [4.78, 5) is 0.0419. The van der Waals surface area contributed by atoms with E-state index >= 15 is 0 Å². The summed E-state index contributed by atoms with van der Waals surface area (Å²) in [7, 11) is -3.61. The lowest BCUT2D eigenvalue weighted by Gasteiger charge is -2.12. The van der Waals surface area contributed by atoms with Gasteiger partial charge in [-0.25, -0.2) is 13.1 Å². The first-order valence-corrected chi connectivity index (χ1v) is 7.00. The Morgan fingerprint density at radius 2 is 2.24 bits per heavy atom. The van der Waals surface area contributed by atoms with Gasteiger partial charge in [0.15, 0.2) is 0 Å². The molecule has 1 aliphatic rings. The topological polar surface area (TPSA) is 81.4 Å². The summed E-state index contributed by atoms with van der Waals surface area (Å²) in [6.07, 6.45) is 0.672. The van der Waals surface area contributed by atoms with E-state index in [0.29, 0.717) is 25.3 Å². The Balaban J connectivity index is 2.24. The molecule has 1 atom stereocenters. The minimum atomic E-state index is -3.61. The Kier molecular flexibility index (Phi) is 3.58. The van der Waals surface area contributed by atoms with E-state index in [1.807, 2.05) is 0 Å². The second-order valence-corrected chi connectivity index (χ2v) is 5.96. The van der Waals surface area contributed by atoms with Crippen molar-refractivity contribution in [1.29, 1.82) is 0 Å². The maximum absolute atomic E-state index is 12.0. The number of nitrogens with two attached hydrogens (primary N) is 1. The van der Waals surface area contributed by atoms with Gasteiger partial charge in [0.05, 0.1) is 11.6 Å². The number of ether oxygens (including phenoxy) is 1. The molecule has 0 amide bonds. The molecule has 1 aromatic rings. The summed E-state index contributed by atoms with van der Waals surface area (Å²) in [5, 5.41) is 0.122. The molecule has 0 radical (unpaired) electrons. The SMILES string of the molecule is Nc1ccc(S(=O)(=O)NC2CCOC2)c(Cl)c1. The fourth-order valence-electron chi connectivity index (χ4n) is 1.65. The van der Waals surface area contributed by atoms with Gasteiger partial charge in [0, 0.05) is 18.3 Å². The fourth-order valence-corrected chi connectivity index (χ4v) is 3.45. The van der Waals surface area contributed by atoms with Crippen molar-refractivity contribution in [2.24, 2.45) is 0 Å². The molecule has 1 fully saturated rings. The van der Waals surface area contributed by atoms with Crippen LogP contribution in [0.2, 0.25) is 5.02 Å². The lowest BCUT2D eigenvalue weighted by Crippen LogP contribution is -2.35. The average molecular weight is 277 g/mol. The molecule has 1 heterocycles. The third-order valence-corrected chi connectivity index (χ3v) is 4.50. The average Bonchev–Trinajstić information content (AvgIpc) is 2.68. The van der Waals surface area contributed by atoms with E-state index in [1.165, 1.54) is 18.2 Å².